The topological polar surface area (TPSA) is 506 Å². The summed E-state index contributed by atoms with van der Waals surface area (Å²) in [6.45, 7) is 42.8. The van der Waals surface area contributed by atoms with Gasteiger partial charge in [-0.15, -0.1) is 47.9 Å². The van der Waals surface area contributed by atoms with Crippen LogP contribution in [0.1, 0.15) is 180 Å². The smallest absolute Gasteiger partial charge is 0.867 e. The van der Waals surface area contributed by atoms with Gasteiger partial charge in [0.2, 0.25) is 5.82 Å². The van der Waals surface area contributed by atoms with E-state index >= 15 is 0 Å². The van der Waals surface area contributed by atoms with Gasteiger partial charge in [-0.05, 0) is 77.7 Å². The van der Waals surface area contributed by atoms with Crippen molar-refractivity contribution in [3.05, 3.63) is 204 Å². The number of H-pyrrole nitrogens is 1. The van der Waals surface area contributed by atoms with Crippen LogP contribution in [0.25, 0.3) is 23.0 Å². The predicted molar refractivity (Wildman–Crippen MR) is 475 cm³/mol. The molecule has 0 aliphatic heterocycles. The minimum atomic E-state index is -1.05. The SMILES string of the molecule is CCOC(=O)/C=C(\[O-])C(=O)OCC.CCOC(=O)c1cc(=O)n([C-](C)C)[nH]1.CCOC(=O)c1cc(OC)n([C-](C)C)n1.CI.COc1cc(-c2ncc(C)c(C)n2)nn1[C-](C)C.COc1cc(-c2nnc(C)c(C)n2)nn1[C-](C)C.COc1cc(/C(N)=N/N)nn1[C-](C)C.COc1cc(C(=N)N)nn1[C-](C)C.C[C-](C)CN.[CH3-].[CH3-].[CH3-].[CH3-].[CH3-].[CH3-].[CH3-].[Na+].[W+2].[W+2].[W+2].[W+2].[W+2].[W+2].[W+2]. The van der Waals surface area contributed by atoms with Crippen LogP contribution < -0.4 is 87.0 Å². The Bertz CT molecular complexity index is 4220. The van der Waals surface area contributed by atoms with Gasteiger partial charge in [-0.1, -0.05) is 136 Å². The summed E-state index contributed by atoms with van der Waals surface area (Å²) in [5, 5.41) is 53.3. The number of amidine groups is 2. The van der Waals surface area contributed by atoms with E-state index in [-0.39, 0.29) is 271 Å². The van der Waals surface area contributed by atoms with Gasteiger partial charge < -0.3 is 167 Å². The molecule has 38 nitrogen and oxygen atoms in total. The molecular weight excluding hydrogens is 2960 g/mol. The average molecular weight is 3090 g/mol. The monoisotopic (exact) mass is 3090 g/mol. The maximum Gasteiger partial charge on any atom is 2.00 e. The van der Waals surface area contributed by atoms with Gasteiger partial charge in [0.05, 0.1) is 103 Å². The summed E-state index contributed by atoms with van der Waals surface area (Å²) in [5.41, 5.74) is 22.1. The standard InChI is InChI=1S/C13H17N4O.C12H16N5O.C10H15N2O3.C9H13N2O3.C8H14N5O.C8H13N4O.C8H12O5.C4H10N.CH3I.7CH3.Na.7W/c1-8(2)17-12(18-5)6-11(16-17)13-14-7-9(3)10(4)15-13;1-7(2)17-11(18-5)6-10(16-17)12-13-8(3)9(4)14-15-12;1-5-15-10(13)8-6-9(14-4)12(11-8)7(2)3;1-4-14-9(13)7-5-8(12)11(10-7)6(2)3;1-5(2)13-7(14-3)4-6(12-13)8(9)11-10;1-5(2)12-7(13-3)4-6(11-12)8(9)10;1-3-12-7(10)5-6(9)8(11)13-4-2;1-4(2)3-5;1-2;;;;;;;;;;;;;;;/h6-7H,1-5H3;6H,1-5H3;6H,5H2,1-4H3;5,10H,4H2,1-3H3;4H,10H2,1-3H3,(H2,9,11);4H,1-3H3,(H3,9,10);5,9H,3-4H2,1-2H3;3,5H2,1-2H3;1H3;7*1H3;;;;;;;;/q6*-1;;-1;;7*-1;+1;7*+2/p-1/b;;;;;;6-5-;;;;;;;;;;;;;;;;;. The van der Waals surface area contributed by atoms with Crippen LogP contribution in [0.5, 0.6) is 29.4 Å². The van der Waals surface area contributed by atoms with Crippen molar-refractivity contribution >= 4 is 58.1 Å². The second kappa shape index (κ2) is 84.3. The van der Waals surface area contributed by atoms with Crippen LogP contribution in [-0.4, -0.2) is 193 Å². The molecule has 0 atom stereocenters. The summed E-state index contributed by atoms with van der Waals surface area (Å²) in [7, 11) is 7.89. The van der Waals surface area contributed by atoms with E-state index in [1.54, 1.807) is 118 Å². The first-order valence-corrected chi connectivity index (χ1v) is 36.6. The summed E-state index contributed by atoms with van der Waals surface area (Å²) in [6, 6.07) is 15.4. The largest absolute Gasteiger partial charge is 2.00 e. The van der Waals surface area contributed by atoms with Gasteiger partial charge in [0, 0.05) is 18.0 Å². The normalized spacial score (nSPS) is 9.03. The molecule has 0 aliphatic carbocycles. The molecule has 708 valence electrons. The maximum atomic E-state index is 11.4. The minimum absolute atomic E-state index is 0. The Morgan fingerprint density at radius 1 is 0.496 bits per heavy atom. The number of nitrogens with two attached hydrogens (primary N) is 4. The Kier molecular flexibility index (Phi) is 105. The quantitative estimate of drug-likeness (QED) is 0.00271. The van der Waals surface area contributed by atoms with Crippen LogP contribution in [0.4, 0.5) is 0 Å². The third-order valence-corrected chi connectivity index (χ3v) is 13.6. The number of carbonyl (C=O) groups excluding carboxylic acids is 4. The number of methoxy groups -OCH3 is 5. The van der Waals surface area contributed by atoms with Crippen molar-refractivity contribution in [3.8, 4) is 52.4 Å². The molecular formula is C80H133IN23NaO15W7. The molecule has 8 heterocycles. The van der Waals surface area contributed by atoms with E-state index in [2.05, 4.69) is 92.9 Å². The molecule has 0 spiro atoms. The van der Waals surface area contributed by atoms with E-state index in [9.17, 15) is 29.1 Å². The van der Waals surface area contributed by atoms with Crippen LogP contribution in [0.15, 0.2) is 64.3 Å². The molecule has 0 aliphatic rings. The van der Waals surface area contributed by atoms with E-state index in [4.69, 9.17) is 61.6 Å². The maximum absolute atomic E-state index is 11.4. The molecule has 47 heteroatoms. The second-order valence-electron chi connectivity index (χ2n) is 24.0. The summed E-state index contributed by atoms with van der Waals surface area (Å²) < 4.78 is 53.7. The zero-order valence-electron chi connectivity index (χ0n) is 80.4. The van der Waals surface area contributed by atoms with Crippen molar-refractivity contribution in [2.45, 2.75) is 152 Å². The Morgan fingerprint density at radius 3 is 1.15 bits per heavy atom. The van der Waals surface area contributed by atoms with Crippen LogP contribution >= 0.6 is 22.6 Å². The number of nitrogens with zero attached hydrogens (tertiary/aromatic N) is 17. The average Bonchev–Trinajstić information content (AvgIpc) is 1.68. The third-order valence-electron chi connectivity index (χ3n) is 13.6. The number of nitrogens with one attached hydrogen (secondary N) is 2. The second-order valence-corrected chi connectivity index (χ2v) is 24.0. The molecule has 0 fully saturated rings. The van der Waals surface area contributed by atoms with Crippen molar-refractivity contribution in [2.24, 2.45) is 28.1 Å². The number of aryl methyl sites for hydroxylation is 4. The third kappa shape index (κ3) is 55.2. The first-order valence-electron chi connectivity index (χ1n) is 34.4. The Hall–Kier alpha value is -5.96. The van der Waals surface area contributed by atoms with Crippen LogP contribution in [0.3, 0.4) is 0 Å². The summed E-state index contributed by atoms with van der Waals surface area (Å²) >= 11 is 2.15. The molecule has 127 heavy (non-hydrogen) atoms. The number of hydrogen-bond acceptors (Lipinski definition) is 29. The van der Waals surface area contributed by atoms with Crippen LogP contribution in [-0.2, 0) is 176 Å². The number of esters is 4. The van der Waals surface area contributed by atoms with E-state index in [0.717, 1.165) is 71.1 Å². The first-order chi connectivity index (χ1) is 52.7. The van der Waals surface area contributed by atoms with Crippen molar-refractivity contribution in [2.75, 3.05) is 73.5 Å². The number of hydrazone groups is 1. The first kappa shape index (κ1) is 158. The van der Waals surface area contributed by atoms with Gasteiger partial charge in [-0.3, -0.25) is 5.41 Å². The fraction of sp³-hybridized carbons (Fsp3) is 0.412. The van der Waals surface area contributed by atoms with Gasteiger partial charge in [0.1, 0.15) is 39.9 Å². The molecule has 8 rings (SSSR count). The van der Waals surface area contributed by atoms with Gasteiger partial charge in [0.25, 0.3) is 0 Å². The van der Waals surface area contributed by atoms with E-state index in [1.165, 1.54) is 23.8 Å². The van der Waals surface area contributed by atoms with Crippen LogP contribution in [0, 0.1) is 127 Å². The zero-order chi connectivity index (χ0) is 86.0. The summed E-state index contributed by atoms with van der Waals surface area (Å²) in [6.07, 6.45) is 2.38. The van der Waals surface area contributed by atoms with E-state index in [1.807, 2.05) is 128 Å². The van der Waals surface area contributed by atoms with E-state index < -0.39 is 29.6 Å². The summed E-state index contributed by atoms with van der Waals surface area (Å²) in [5.74, 6) is 6.83. The van der Waals surface area contributed by atoms with Crippen LogP contribution in [0.2, 0.25) is 0 Å². The molecule has 8 aromatic rings. The predicted octanol–water partition coefficient (Wildman–Crippen LogP) is 8.02. The van der Waals surface area contributed by atoms with Gasteiger partial charge in [-0.25, -0.2) is 34.1 Å². The number of alkyl halides is 1. The number of ether oxygens (including phenoxy) is 9. The summed E-state index contributed by atoms with van der Waals surface area (Å²) in [4.78, 5) is 70.3. The molecule has 0 bridgehead atoms. The fourth-order valence-electron chi connectivity index (χ4n) is 7.80. The van der Waals surface area contributed by atoms with Gasteiger partial charge in [-0.2, -0.15) is 49.5 Å². The number of rotatable bonds is 24. The number of carbonyl (C=O) groups is 4. The van der Waals surface area contributed by atoms with Crippen molar-refractivity contribution in [3.63, 3.8) is 0 Å². The van der Waals surface area contributed by atoms with Crippen molar-refractivity contribution in [1.82, 2.24) is 83.8 Å². The van der Waals surface area contributed by atoms with Crippen molar-refractivity contribution < 1.29 is 244 Å². The zero-order valence-corrected chi connectivity index (χ0v) is 105. The molecule has 0 amide bonds. The molecule has 0 aromatic carbocycles. The number of aromatic amines is 1. The van der Waals surface area contributed by atoms with Gasteiger partial charge in [0.15, 0.2) is 17.4 Å². The Labute approximate surface area is 892 Å². The molecule has 0 saturated heterocycles. The van der Waals surface area contributed by atoms with Gasteiger partial charge >= 0.3 is 201 Å². The molecule has 0 radical (unpaired) electrons. The number of nitrogen functional groups attached to an aromatic ring is 1. The molecule has 8 aromatic heterocycles. The minimum Gasteiger partial charge on any atom is -0.867 e. The molecule has 0 saturated carbocycles. The Balaban J connectivity index is -0.0000000785. The number of aromatic nitrogens is 17. The number of halogens is 1. The van der Waals surface area contributed by atoms with E-state index in [0.29, 0.717) is 77.4 Å². The van der Waals surface area contributed by atoms with Crippen molar-refractivity contribution in [1.29, 1.82) is 5.41 Å². The molecule has 10 N–H and O–H groups in total. The Morgan fingerprint density at radius 2 is 0.835 bits per heavy atom. The number of hydrogen-bond donors (Lipinski definition) is 6. The fourth-order valence-corrected chi connectivity index (χ4v) is 7.80. The molecule has 0 unspecified atom stereocenters.